The fraction of sp³-hybridized carbons (Fsp3) is 0.625. The van der Waals surface area contributed by atoms with Crippen LogP contribution in [0, 0.1) is 5.92 Å². The van der Waals surface area contributed by atoms with Crippen molar-refractivity contribution in [1.29, 1.82) is 0 Å². The van der Waals surface area contributed by atoms with Gasteiger partial charge in [-0.1, -0.05) is 32.4 Å². The van der Waals surface area contributed by atoms with Gasteiger partial charge in [0, 0.05) is 25.3 Å². The summed E-state index contributed by atoms with van der Waals surface area (Å²) in [5.41, 5.74) is 2.69. The molecule has 102 valence electrons. The molecule has 0 spiro atoms. The van der Waals surface area contributed by atoms with E-state index in [0.717, 1.165) is 32.1 Å². The Bertz CT molecular complexity index is 314. The van der Waals surface area contributed by atoms with Gasteiger partial charge in [0.15, 0.2) is 0 Å². The third kappa shape index (κ3) is 4.69. The summed E-state index contributed by atoms with van der Waals surface area (Å²) in [7, 11) is 0. The van der Waals surface area contributed by atoms with Gasteiger partial charge in [0.25, 0.3) is 0 Å². The van der Waals surface area contributed by atoms with Crippen LogP contribution in [0.3, 0.4) is 0 Å². The first-order chi connectivity index (χ1) is 8.71. The lowest BCUT2D eigenvalue weighted by Gasteiger charge is -2.21. The summed E-state index contributed by atoms with van der Waals surface area (Å²) in [5.74, 6) is 0.764. The Labute approximate surface area is 112 Å². The van der Waals surface area contributed by atoms with E-state index >= 15 is 0 Å². The number of hydrogen-bond donors (Lipinski definition) is 1. The highest BCUT2D eigenvalue weighted by atomic mass is 15.1. The maximum Gasteiger partial charge on any atom is 0.0366 e. The normalized spacial score (nSPS) is 12.4. The quantitative estimate of drug-likeness (QED) is 0.755. The monoisotopic (exact) mass is 248 g/mol. The topological polar surface area (TPSA) is 15.3 Å². The van der Waals surface area contributed by atoms with E-state index in [1.807, 2.05) is 0 Å². The van der Waals surface area contributed by atoms with Crippen molar-refractivity contribution in [2.45, 2.75) is 40.7 Å². The van der Waals surface area contributed by atoms with Crippen molar-refractivity contribution in [2.75, 3.05) is 24.5 Å². The van der Waals surface area contributed by atoms with Crippen molar-refractivity contribution in [1.82, 2.24) is 5.32 Å². The second-order valence-electron chi connectivity index (χ2n) is 4.98. The Hall–Kier alpha value is -1.02. The number of rotatable bonds is 8. The van der Waals surface area contributed by atoms with E-state index in [1.165, 1.54) is 17.7 Å². The minimum Gasteiger partial charge on any atom is -0.372 e. The molecule has 0 radical (unpaired) electrons. The molecule has 1 aromatic rings. The van der Waals surface area contributed by atoms with Crippen LogP contribution in [0.5, 0.6) is 0 Å². The molecular weight excluding hydrogens is 220 g/mol. The minimum absolute atomic E-state index is 0.764. The molecule has 2 heteroatoms. The van der Waals surface area contributed by atoms with Crippen LogP contribution in [0.15, 0.2) is 24.3 Å². The van der Waals surface area contributed by atoms with Gasteiger partial charge in [-0.3, -0.25) is 0 Å². The first-order valence-corrected chi connectivity index (χ1v) is 7.25. The summed E-state index contributed by atoms with van der Waals surface area (Å²) in [5, 5.41) is 3.52. The van der Waals surface area contributed by atoms with Crippen LogP contribution in [0.1, 0.15) is 39.7 Å². The van der Waals surface area contributed by atoms with Crippen molar-refractivity contribution in [3.05, 3.63) is 29.8 Å². The zero-order valence-corrected chi connectivity index (χ0v) is 12.4. The largest absolute Gasteiger partial charge is 0.372 e. The van der Waals surface area contributed by atoms with Gasteiger partial charge in [-0.25, -0.2) is 0 Å². The molecule has 1 N–H and O–H groups in total. The highest BCUT2D eigenvalue weighted by Crippen LogP contribution is 2.14. The average Bonchev–Trinajstić information content (AvgIpc) is 2.41. The third-order valence-corrected chi connectivity index (χ3v) is 3.58. The Balaban J connectivity index is 2.45. The highest BCUT2D eigenvalue weighted by Gasteiger charge is 2.02. The average molecular weight is 248 g/mol. The smallest absolute Gasteiger partial charge is 0.0366 e. The number of benzene rings is 1. The Morgan fingerprint density at radius 3 is 2.17 bits per heavy atom. The molecular formula is C16H28N2. The first-order valence-electron chi connectivity index (χ1n) is 7.25. The van der Waals surface area contributed by atoms with E-state index in [9.17, 15) is 0 Å². The van der Waals surface area contributed by atoms with Gasteiger partial charge in [-0.2, -0.15) is 0 Å². The molecule has 1 aromatic carbocycles. The van der Waals surface area contributed by atoms with Gasteiger partial charge in [-0.15, -0.1) is 0 Å². The van der Waals surface area contributed by atoms with Crippen LogP contribution in [-0.4, -0.2) is 19.6 Å². The van der Waals surface area contributed by atoms with E-state index in [1.54, 1.807) is 0 Å². The zero-order chi connectivity index (χ0) is 13.4. The van der Waals surface area contributed by atoms with Crippen LogP contribution < -0.4 is 10.2 Å². The molecule has 0 amide bonds. The minimum atomic E-state index is 0.764. The molecule has 0 aromatic heterocycles. The van der Waals surface area contributed by atoms with Crippen LogP contribution in [0.4, 0.5) is 5.69 Å². The van der Waals surface area contributed by atoms with Crippen LogP contribution in [0.25, 0.3) is 0 Å². The molecule has 0 aliphatic heterocycles. The lowest BCUT2D eigenvalue weighted by molar-refractivity contribution is 0.500. The maximum atomic E-state index is 3.52. The molecule has 18 heavy (non-hydrogen) atoms. The molecule has 0 fully saturated rings. The molecule has 0 aliphatic carbocycles. The van der Waals surface area contributed by atoms with Gasteiger partial charge < -0.3 is 10.2 Å². The van der Waals surface area contributed by atoms with Crippen molar-refractivity contribution in [2.24, 2.45) is 5.92 Å². The van der Waals surface area contributed by atoms with Gasteiger partial charge in [-0.05, 0) is 44.0 Å². The van der Waals surface area contributed by atoms with Gasteiger partial charge >= 0.3 is 0 Å². The summed E-state index contributed by atoms with van der Waals surface area (Å²) in [6.07, 6.45) is 1.24. The van der Waals surface area contributed by atoms with Gasteiger partial charge in [0.1, 0.15) is 0 Å². The molecule has 1 unspecified atom stereocenters. The molecule has 2 nitrogen and oxygen atoms in total. The van der Waals surface area contributed by atoms with Crippen molar-refractivity contribution in [3.63, 3.8) is 0 Å². The van der Waals surface area contributed by atoms with Crippen LogP contribution >= 0.6 is 0 Å². The lowest BCUT2D eigenvalue weighted by Crippen LogP contribution is -2.22. The van der Waals surface area contributed by atoms with Crippen LogP contribution in [0.2, 0.25) is 0 Å². The number of nitrogens with zero attached hydrogens (tertiary/aromatic N) is 1. The second-order valence-corrected chi connectivity index (χ2v) is 4.98. The van der Waals surface area contributed by atoms with Crippen molar-refractivity contribution < 1.29 is 0 Å². The molecule has 0 saturated carbocycles. The fourth-order valence-electron chi connectivity index (χ4n) is 2.02. The first kappa shape index (κ1) is 15.0. The summed E-state index contributed by atoms with van der Waals surface area (Å²) in [4.78, 5) is 2.37. The number of nitrogens with one attached hydrogen (secondary N) is 1. The summed E-state index contributed by atoms with van der Waals surface area (Å²) in [6.45, 7) is 13.2. The Morgan fingerprint density at radius 1 is 1.06 bits per heavy atom. The summed E-state index contributed by atoms with van der Waals surface area (Å²) in [6, 6.07) is 8.93. The molecule has 0 saturated heterocycles. The Kier molecular flexibility index (Phi) is 6.81. The van der Waals surface area contributed by atoms with E-state index in [-0.39, 0.29) is 0 Å². The molecule has 0 aliphatic rings. The van der Waals surface area contributed by atoms with Crippen molar-refractivity contribution in [3.8, 4) is 0 Å². The molecule has 1 atom stereocenters. The fourth-order valence-corrected chi connectivity index (χ4v) is 2.02. The van der Waals surface area contributed by atoms with Crippen molar-refractivity contribution >= 4 is 5.69 Å². The number of anilines is 1. The zero-order valence-electron chi connectivity index (χ0n) is 12.4. The van der Waals surface area contributed by atoms with Gasteiger partial charge in [0.05, 0.1) is 0 Å². The third-order valence-electron chi connectivity index (χ3n) is 3.58. The van der Waals surface area contributed by atoms with Gasteiger partial charge in [0.2, 0.25) is 0 Å². The predicted molar refractivity (Wildman–Crippen MR) is 81.2 cm³/mol. The molecule has 0 bridgehead atoms. The second kappa shape index (κ2) is 8.15. The SMILES string of the molecule is CCC(C)CNCc1ccc(N(CC)CC)cc1. The van der Waals surface area contributed by atoms with E-state index in [2.05, 4.69) is 62.2 Å². The molecule has 0 heterocycles. The standard InChI is InChI=1S/C16H28N2/c1-5-14(4)12-17-13-15-8-10-16(11-9-15)18(6-2)7-3/h8-11,14,17H,5-7,12-13H2,1-4H3. The van der Waals surface area contributed by atoms with E-state index in [0.29, 0.717) is 0 Å². The lowest BCUT2D eigenvalue weighted by atomic mass is 10.1. The van der Waals surface area contributed by atoms with E-state index < -0.39 is 0 Å². The summed E-state index contributed by atoms with van der Waals surface area (Å²) < 4.78 is 0. The van der Waals surface area contributed by atoms with E-state index in [4.69, 9.17) is 0 Å². The highest BCUT2D eigenvalue weighted by molar-refractivity contribution is 5.47. The summed E-state index contributed by atoms with van der Waals surface area (Å²) >= 11 is 0. The number of hydrogen-bond acceptors (Lipinski definition) is 2. The Morgan fingerprint density at radius 2 is 1.67 bits per heavy atom. The predicted octanol–water partition coefficient (Wildman–Crippen LogP) is 3.67. The molecule has 1 rings (SSSR count). The van der Waals surface area contributed by atoms with Crippen LogP contribution in [-0.2, 0) is 6.54 Å². The maximum absolute atomic E-state index is 3.52.